The normalized spacial score (nSPS) is 10.8. The van der Waals surface area contributed by atoms with Crippen molar-refractivity contribution in [3.63, 3.8) is 0 Å². The number of carbonyl (C=O) groups is 1. The Hall–Kier alpha value is -1.35. The molecule has 0 aliphatic rings. The van der Waals surface area contributed by atoms with Crippen LogP contribution in [0.15, 0.2) is 18.2 Å². The highest BCUT2D eigenvalue weighted by Crippen LogP contribution is 2.25. The number of aldehydes is 1. The molecule has 0 bridgehead atoms. The molecule has 0 fully saturated rings. The quantitative estimate of drug-likeness (QED) is 0.665. The number of hydrogen-bond acceptors (Lipinski definition) is 1. The Kier molecular flexibility index (Phi) is 2.04. The summed E-state index contributed by atoms with van der Waals surface area (Å²) >= 11 is 5.77. The fourth-order valence-electron chi connectivity index (χ4n) is 1.51. The van der Waals surface area contributed by atoms with E-state index in [0.29, 0.717) is 22.2 Å². The van der Waals surface area contributed by atoms with Crippen LogP contribution in [0.1, 0.15) is 10.5 Å². The fraction of sp³-hybridized carbons (Fsp3) is 0.100. The van der Waals surface area contributed by atoms with E-state index in [1.54, 1.807) is 25.2 Å². The minimum atomic E-state index is -0.492. The predicted octanol–water partition coefficient (Wildman–Crippen LogP) is 2.78. The lowest BCUT2D eigenvalue weighted by Gasteiger charge is -1.96. The molecule has 1 aromatic carbocycles. The second-order valence-electron chi connectivity index (χ2n) is 3.04. The van der Waals surface area contributed by atoms with E-state index in [1.807, 2.05) is 0 Å². The Labute approximate surface area is 84.9 Å². The Morgan fingerprint density at radius 1 is 1.50 bits per heavy atom. The van der Waals surface area contributed by atoms with Gasteiger partial charge in [0.25, 0.3) is 0 Å². The lowest BCUT2D eigenvalue weighted by molar-refractivity contribution is 0.111. The van der Waals surface area contributed by atoms with Crippen molar-refractivity contribution in [2.45, 2.75) is 0 Å². The highest BCUT2D eigenvalue weighted by molar-refractivity contribution is 6.31. The number of rotatable bonds is 1. The lowest BCUT2D eigenvalue weighted by Crippen LogP contribution is -1.95. The molecular weight excluding hydrogens is 205 g/mol. The van der Waals surface area contributed by atoms with Crippen LogP contribution in [0.25, 0.3) is 10.9 Å². The van der Waals surface area contributed by atoms with E-state index >= 15 is 0 Å². The van der Waals surface area contributed by atoms with Crippen LogP contribution in [-0.4, -0.2) is 10.9 Å². The van der Waals surface area contributed by atoms with Gasteiger partial charge in [-0.05, 0) is 18.2 Å². The molecule has 0 N–H and O–H groups in total. The summed E-state index contributed by atoms with van der Waals surface area (Å²) in [6.07, 6.45) is 0.503. The van der Waals surface area contributed by atoms with Crippen molar-refractivity contribution in [1.29, 1.82) is 0 Å². The van der Waals surface area contributed by atoms with Gasteiger partial charge in [-0.2, -0.15) is 0 Å². The maximum absolute atomic E-state index is 13.5. The monoisotopic (exact) mass is 211 g/mol. The third kappa shape index (κ3) is 1.13. The third-order valence-electron chi connectivity index (χ3n) is 2.26. The maximum Gasteiger partial charge on any atom is 0.169 e. The summed E-state index contributed by atoms with van der Waals surface area (Å²) in [7, 11) is 1.63. The summed E-state index contributed by atoms with van der Waals surface area (Å²) in [4.78, 5) is 10.6. The average Bonchev–Trinajstić information content (AvgIpc) is 2.39. The van der Waals surface area contributed by atoms with Gasteiger partial charge in [0, 0.05) is 17.5 Å². The van der Waals surface area contributed by atoms with E-state index in [9.17, 15) is 9.18 Å². The molecule has 0 saturated heterocycles. The number of fused-ring (bicyclic) bond motifs is 1. The highest BCUT2D eigenvalue weighted by Gasteiger charge is 2.13. The molecule has 4 heteroatoms. The van der Waals surface area contributed by atoms with E-state index in [-0.39, 0.29) is 5.69 Å². The van der Waals surface area contributed by atoms with Crippen molar-refractivity contribution in [2.24, 2.45) is 7.05 Å². The molecule has 2 aromatic rings. The Balaban J connectivity index is 2.94. The van der Waals surface area contributed by atoms with Gasteiger partial charge in [0.05, 0.1) is 5.52 Å². The van der Waals surface area contributed by atoms with Crippen LogP contribution in [0.5, 0.6) is 0 Å². The molecule has 72 valence electrons. The fourth-order valence-corrected chi connectivity index (χ4v) is 1.68. The summed E-state index contributed by atoms with van der Waals surface area (Å²) in [6.45, 7) is 0. The maximum atomic E-state index is 13.5. The Morgan fingerprint density at radius 3 is 2.86 bits per heavy atom. The number of hydrogen-bond donors (Lipinski definition) is 0. The molecule has 14 heavy (non-hydrogen) atoms. The summed E-state index contributed by atoms with van der Waals surface area (Å²) in [5.41, 5.74) is 0.666. The number of nitrogens with zero attached hydrogens (tertiary/aromatic N) is 1. The second-order valence-corrected chi connectivity index (χ2v) is 3.47. The zero-order valence-electron chi connectivity index (χ0n) is 7.42. The molecule has 0 spiro atoms. The first-order chi connectivity index (χ1) is 6.65. The molecule has 0 saturated carbocycles. The van der Waals surface area contributed by atoms with Crippen LogP contribution < -0.4 is 0 Å². The van der Waals surface area contributed by atoms with Gasteiger partial charge in [-0.1, -0.05) is 11.6 Å². The van der Waals surface area contributed by atoms with Crippen LogP contribution in [0, 0.1) is 5.82 Å². The largest absolute Gasteiger partial charge is 0.339 e. The Morgan fingerprint density at radius 2 is 2.21 bits per heavy atom. The third-order valence-corrected chi connectivity index (χ3v) is 2.49. The minimum Gasteiger partial charge on any atom is -0.339 e. The first-order valence-corrected chi connectivity index (χ1v) is 4.41. The lowest BCUT2D eigenvalue weighted by atomic mass is 10.2. The molecule has 0 atom stereocenters. The summed E-state index contributed by atoms with van der Waals surface area (Å²) in [5, 5.41) is 0.939. The van der Waals surface area contributed by atoms with Crippen molar-refractivity contribution >= 4 is 28.8 Å². The molecule has 0 radical (unpaired) electrons. The molecule has 0 aliphatic carbocycles. The molecule has 2 nitrogen and oxygen atoms in total. The van der Waals surface area contributed by atoms with Gasteiger partial charge >= 0.3 is 0 Å². The van der Waals surface area contributed by atoms with Gasteiger partial charge in [-0.25, -0.2) is 4.39 Å². The number of benzene rings is 1. The van der Waals surface area contributed by atoms with E-state index in [1.165, 1.54) is 4.57 Å². The molecular formula is C10H7ClFNO. The smallest absolute Gasteiger partial charge is 0.169 e. The minimum absolute atomic E-state index is 0.0438. The van der Waals surface area contributed by atoms with Gasteiger partial charge < -0.3 is 4.57 Å². The molecule has 0 unspecified atom stereocenters. The first-order valence-electron chi connectivity index (χ1n) is 4.03. The number of carbonyl (C=O) groups excluding carboxylic acids is 1. The van der Waals surface area contributed by atoms with E-state index in [4.69, 9.17) is 11.6 Å². The van der Waals surface area contributed by atoms with Crippen LogP contribution in [0.2, 0.25) is 5.02 Å². The molecule has 0 amide bonds. The summed E-state index contributed by atoms with van der Waals surface area (Å²) in [6, 6.07) is 4.80. The van der Waals surface area contributed by atoms with E-state index in [0.717, 1.165) is 0 Å². The van der Waals surface area contributed by atoms with Gasteiger partial charge in [-0.15, -0.1) is 0 Å². The van der Waals surface area contributed by atoms with E-state index in [2.05, 4.69) is 0 Å². The van der Waals surface area contributed by atoms with Crippen molar-refractivity contribution in [3.05, 3.63) is 34.7 Å². The Bertz CT molecular complexity index is 518. The van der Waals surface area contributed by atoms with Crippen LogP contribution in [0.3, 0.4) is 0 Å². The number of halogens is 2. The molecule has 1 heterocycles. The van der Waals surface area contributed by atoms with Crippen LogP contribution in [-0.2, 0) is 7.05 Å². The van der Waals surface area contributed by atoms with Crippen LogP contribution in [0.4, 0.5) is 4.39 Å². The van der Waals surface area contributed by atoms with Crippen molar-refractivity contribution in [2.75, 3.05) is 0 Å². The summed E-state index contributed by atoms with van der Waals surface area (Å²) in [5.74, 6) is -0.492. The topological polar surface area (TPSA) is 22.0 Å². The zero-order valence-corrected chi connectivity index (χ0v) is 8.18. The molecule has 2 rings (SSSR count). The van der Waals surface area contributed by atoms with Gasteiger partial charge in [-0.3, -0.25) is 4.79 Å². The summed E-state index contributed by atoms with van der Waals surface area (Å²) < 4.78 is 15.0. The first kappa shape index (κ1) is 9.21. The van der Waals surface area contributed by atoms with Crippen LogP contribution >= 0.6 is 11.6 Å². The number of aryl methyl sites for hydroxylation is 1. The SMILES string of the molecule is Cn1c(C=O)c(F)c2ccc(Cl)cc21. The van der Waals surface area contributed by atoms with Crippen molar-refractivity contribution < 1.29 is 9.18 Å². The zero-order chi connectivity index (χ0) is 10.3. The highest BCUT2D eigenvalue weighted by atomic mass is 35.5. The van der Waals surface area contributed by atoms with Gasteiger partial charge in [0.15, 0.2) is 12.1 Å². The molecule has 1 aromatic heterocycles. The molecule has 0 aliphatic heterocycles. The van der Waals surface area contributed by atoms with Gasteiger partial charge in [0.1, 0.15) is 5.69 Å². The van der Waals surface area contributed by atoms with E-state index < -0.39 is 5.82 Å². The van der Waals surface area contributed by atoms with Crippen molar-refractivity contribution in [1.82, 2.24) is 4.57 Å². The predicted molar refractivity (Wildman–Crippen MR) is 53.3 cm³/mol. The van der Waals surface area contributed by atoms with Crippen molar-refractivity contribution in [3.8, 4) is 0 Å². The standard InChI is InChI=1S/C10H7ClFNO/c1-13-8-4-6(11)2-3-7(8)10(12)9(13)5-14/h2-5H,1H3. The van der Waals surface area contributed by atoms with Gasteiger partial charge in [0.2, 0.25) is 0 Å². The second kappa shape index (κ2) is 3.10. The average molecular weight is 212 g/mol. The number of aromatic nitrogens is 1.